The van der Waals surface area contributed by atoms with Crippen molar-refractivity contribution in [1.82, 2.24) is 10.2 Å². The van der Waals surface area contributed by atoms with E-state index < -0.39 is 0 Å². The summed E-state index contributed by atoms with van der Waals surface area (Å²) in [6, 6.07) is 17.8. The van der Waals surface area contributed by atoms with E-state index >= 15 is 0 Å². The van der Waals surface area contributed by atoms with Gasteiger partial charge in [0.15, 0.2) is 0 Å². The summed E-state index contributed by atoms with van der Waals surface area (Å²) in [5.41, 5.74) is 2.37. The van der Waals surface area contributed by atoms with Crippen molar-refractivity contribution >= 4 is 5.91 Å². The average molecular weight is 384 g/mol. The van der Waals surface area contributed by atoms with E-state index in [1.807, 2.05) is 42.5 Å². The number of rotatable bonds is 10. The van der Waals surface area contributed by atoms with Crippen LogP contribution in [0.3, 0.4) is 0 Å². The maximum absolute atomic E-state index is 12.0. The van der Waals surface area contributed by atoms with E-state index in [2.05, 4.69) is 22.3 Å². The third kappa shape index (κ3) is 6.96. The van der Waals surface area contributed by atoms with Crippen molar-refractivity contribution in [2.45, 2.75) is 13.1 Å². The van der Waals surface area contributed by atoms with E-state index in [4.69, 9.17) is 14.2 Å². The van der Waals surface area contributed by atoms with E-state index in [1.54, 1.807) is 0 Å². The van der Waals surface area contributed by atoms with Gasteiger partial charge in [-0.3, -0.25) is 9.69 Å². The molecule has 6 heteroatoms. The van der Waals surface area contributed by atoms with Crippen LogP contribution in [0.2, 0.25) is 0 Å². The van der Waals surface area contributed by atoms with E-state index in [-0.39, 0.29) is 12.5 Å². The highest BCUT2D eigenvalue weighted by Crippen LogP contribution is 2.13. The first kappa shape index (κ1) is 20.3. The lowest BCUT2D eigenvalue weighted by Crippen LogP contribution is -2.36. The lowest BCUT2D eigenvalue weighted by Gasteiger charge is -2.27. The minimum absolute atomic E-state index is 0.0315. The number of amides is 1. The summed E-state index contributed by atoms with van der Waals surface area (Å²) < 4.78 is 16.3. The summed E-state index contributed by atoms with van der Waals surface area (Å²) in [7, 11) is 0. The van der Waals surface area contributed by atoms with Gasteiger partial charge < -0.3 is 19.5 Å². The summed E-state index contributed by atoms with van der Waals surface area (Å²) in [5, 5.41) is 2.94. The molecule has 2 aromatic rings. The fourth-order valence-electron chi connectivity index (χ4n) is 3.03. The summed E-state index contributed by atoms with van der Waals surface area (Å²) >= 11 is 0. The Balaban J connectivity index is 1.35. The molecular weight excluding hydrogens is 356 g/mol. The van der Waals surface area contributed by atoms with Gasteiger partial charge in [0.25, 0.3) is 0 Å². The molecule has 1 N–H and O–H groups in total. The van der Waals surface area contributed by atoms with E-state index in [9.17, 15) is 4.79 Å². The first-order valence-corrected chi connectivity index (χ1v) is 9.70. The largest absolute Gasteiger partial charge is 0.491 e. The molecule has 0 aromatic heterocycles. The molecule has 1 aliphatic heterocycles. The monoisotopic (exact) mass is 384 g/mol. The van der Waals surface area contributed by atoms with Gasteiger partial charge in [0.1, 0.15) is 19.0 Å². The molecule has 0 aliphatic carbocycles. The summed E-state index contributed by atoms with van der Waals surface area (Å²) in [5.74, 6) is 0.674. The molecule has 28 heavy (non-hydrogen) atoms. The Morgan fingerprint density at radius 1 is 0.964 bits per heavy atom. The van der Waals surface area contributed by atoms with Crippen molar-refractivity contribution < 1.29 is 19.0 Å². The van der Waals surface area contributed by atoms with Crippen LogP contribution < -0.4 is 10.1 Å². The zero-order chi connectivity index (χ0) is 19.4. The third-order valence-corrected chi connectivity index (χ3v) is 4.56. The number of carbonyl (C=O) groups is 1. The fraction of sp³-hybridized carbons (Fsp3) is 0.409. The molecule has 0 atom stereocenters. The number of nitrogens with zero attached hydrogens (tertiary/aromatic N) is 1. The first-order chi connectivity index (χ1) is 13.8. The SMILES string of the molecule is O=C(COCCOc1ccccc1)NCc1ccccc1CN1CCOCC1. The van der Waals surface area contributed by atoms with Crippen LogP contribution in [-0.2, 0) is 27.4 Å². The van der Waals surface area contributed by atoms with Crippen molar-refractivity contribution in [2.24, 2.45) is 0 Å². The van der Waals surface area contributed by atoms with Crippen LogP contribution in [0.15, 0.2) is 54.6 Å². The number of morpholine rings is 1. The summed E-state index contributed by atoms with van der Waals surface area (Å²) in [6.07, 6.45) is 0. The van der Waals surface area contributed by atoms with Gasteiger partial charge in [-0.15, -0.1) is 0 Å². The topological polar surface area (TPSA) is 60.0 Å². The fourth-order valence-corrected chi connectivity index (χ4v) is 3.03. The van der Waals surface area contributed by atoms with Crippen LogP contribution in [0.4, 0.5) is 0 Å². The minimum Gasteiger partial charge on any atom is -0.491 e. The van der Waals surface area contributed by atoms with Crippen LogP contribution >= 0.6 is 0 Å². The van der Waals surface area contributed by atoms with E-state index in [1.165, 1.54) is 5.56 Å². The number of para-hydroxylation sites is 1. The molecular formula is C22H28N2O4. The quantitative estimate of drug-likeness (QED) is 0.637. The Kier molecular flexibility index (Phi) is 8.30. The number of carbonyl (C=O) groups excluding carboxylic acids is 1. The Morgan fingerprint density at radius 3 is 2.46 bits per heavy atom. The molecule has 1 amide bonds. The normalized spacial score (nSPS) is 14.6. The van der Waals surface area contributed by atoms with Crippen molar-refractivity contribution in [3.63, 3.8) is 0 Å². The zero-order valence-electron chi connectivity index (χ0n) is 16.1. The predicted molar refractivity (Wildman–Crippen MR) is 107 cm³/mol. The van der Waals surface area contributed by atoms with Gasteiger partial charge in [-0.05, 0) is 23.3 Å². The van der Waals surface area contributed by atoms with Gasteiger partial charge in [-0.2, -0.15) is 0 Å². The number of nitrogens with one attached hydrogen (secondary N) is 1. The maximum Gasteiger partial charge on any atom is 0.246 e. The van der Waals surface area contributed by atoms with Gasteiger partial charge in [-0.1, -0.05) is 42.5 Å². The van der Waals surface area contributed by atoms with Crippen molar-refractivity contribution in [2.75, 3.05) is 46.1 Å². The van der Waals surface area contributed by atoms with Gasteiger partial charge in [-0.25, -0.2) is 0 Å². The number of hydrogen-bond acceptors (Lipinski definition) is 5. The highest BCUT2D eigenvalue weighted by Gasteiger charge is 2.13. The van der Waals surface area contributed by atoms with E-state index in [0.29, 0.717) is 19.8 Å². The molecule has 1 saturated heterocycles. The van der Waals surface area contributed by atoms with Crippen molar-refractivity contribution in [3.05, 3.63) is 65.7 Å². The number of ether oxygens (including phenoxy) is 3. The second-order valence-corrected chi connectivity index (χ2v) is 6.65. The van der Waals surface area contributed by atoms with Crippen LogP contribution in [0.25, 0.3) is 0 Å². The second-order valence-electron chi connectivity index (χ2n) is 6.65. The van der Waals surface area contributed by atoms with Crippen LogP contribution in [0, 0.1) is 0 Å². The van der Waals surface area contributed by atoms with Gasteiger partial charge in [0, 0.05) is 26.2 Å². The highest BCUT2D eigenvalue weighted by molar-refractivity contribution is 5.77. The average Bonchev–Trinajstić information content (AvgIpc) is 2.74. The van der Waals surface area contributed by atoms with E-state index in [0.717, 1.165) is 44.2 Å². The minimum atomic E-state index is -0.124. The summed E-state index contributed by atoms with van der Waals surface area (Å²) in [6.45, 7) is 5.65. The molecule has 2 aromatic carbocycles. The molecule has 0 bridgehead atoms. The first-order valence-electron chi connectivity index (χ1n) is 9.70. The highest BCUT2D eigenvalue weighted by atomic mass is 16.5. The van der Waals surface area contributed by atoms with Crippen molar-refractivity contribution in [3.8, 4) is 5.75 Å². The Morgan fingerprint density at radius 2 is 1.68 bits per heavy atom. The lowest BCUT2D eigenvalue weighted by atomic mass is 10.1. The van der Waals surface area contributed by atoms with Crippen LogP contribution in [-0.4, -0.2) is 56.9 Å². The molecule has 1 heterocycles. The molecule has 0 unspecified atom stereocenters. The van der Waals surface area contributed by atoms with Gasteiger partial charge in [0.05, 0.1) is 19.8 Å². The van der Waals surface area contributed by atoms with Crippen LogP contribution in [0.5, 0.6) is 5.75 Å². The third-order valence-electron chi connectivity index (χ3n) is 4.56. The van der Waals surface area contributed by atoms with Crippen molar-refractivity contribution in [1.29, 1.82) is 0 Å². The lowest BCUT2D eigenvalue weighted by molar-refractivity contribution is -0.126. The molecule has 1 aliphatic rings. The zero-order valence-corrected chi connectivity index (χ0v) is 16.1. The Hall–Kier alpha value is -2.41. The summed E-state index contributed by atoms with van der Waals surface area (Å²) in [4.78, 5) is 14.4. The van der Waals surface area contributed by atoms with Crippen LogP contribution in [0.1, 0.15) is 11.1 Å². The molecule has 0 spiro atoms. The Labute approximate surface area is 166 Å². The maximum atomic E-state index is 12.0. The Bertz CT molecular complexity index is 717. The molecule has 3 rings (SSSR count). The predicted octanol–water partition coefficient (Wildman–Crippen LogP) is 2.23. The number of hydrogen-bond donors (Lipinski definition) is 1. The molecule has 6 nitrogen and oxygen atoms in total. The number of benzene rings is 2. The standard InChI is InChI=1S/C22H28N2O4/c25-22(18-27-14-15-28-21-8-2-1-3-9-21)23-16-19-6-4-5-7-20(19)17-24-10-12-26-13-11-24/h1-9H,10-18H2,(H,23,25). The molecule has 0 radical (unpaired) electrons. The second kappa shape index (κ2) is 11.4. The van der Waals surface area contributed by atoms with Gasteiger partial charge >= 0.3 is 0 Å². The molecule has 0 saturated carbocycles. The molecule has 150 valence electrons. The smallest absolute Gasteiger partial charge is 0.246 e. The van der Waals surface area contributed by atoms with Gasteiger partial charge in [0.2, 0.25) is 5.91 Å². The molecule has 1 fully saturated rings.